The van der Waals surface area contributed by atoms with Crippen LogP contribution in [0.2, 0.25) is 0 Å². The summed E-state index contributed by atoms with van der Waals surface area (Å²) in [6.07, 6.45) is 9.81. The van der Waals surface area contributed by atoms with Crippen LogP contribution >= 0.6 is 11.8 Å². The Morgan fingerprint density at radius 1 is 1.29 bits per heavy atom. The number of primary amides is 1. The number of hydrogen-bond donors (Lipinski definition) is 1. The van der Waals surface area contributed by atoms with Gasteiger partial charge in [0.2, 0.25) is 5.91 Å². The smallest absolute Gasteiger partial charge is 0.227 e. The van der Waals surface area contributed by atoms with Gasteiger partial charge in [-0.05, 0) is 18.2 Å². The Morgan fingerprint density at radius 2 is 2.00 bits per heavy atom. The quantitative estimate of drug-likeness (QED) is 0.601. The van der Waals surface area contributed by atoms with Crippen molar-refractivity contribution < 1.29 is 4.79 Å². The lowest BCUT2D eigenvalue weighted by molar-refractivity contribution is -0.115. The summed E-state index contributed by atoms with van der Waals surface area (Å²) in [5, 5.41) is 1.98. The van der Waals surface area contributed by atoms with Crippen molar-refractivity contribution in [3.05, 3.63) is 11.5 Å². The Morgan fingerprint density at radius 3 is 2.64 bits per heavy atom. The van der Waals surface area contributed by atoms with Gasteiger partial charge in [0.25, 0.3) is 0 Å². The number of thioether (sulfide) groups is 1. The molecule has 0 spiro atoms. The first kappa shape index (κ1) is 13.6. The molecule has 0 heterocycles. The third-order valence-electron chi connectivity index (χ3n) is 1.89. The molecule has 0 aliphatic heterocycles. The van der Waals surface area contributed by atoms with E-state index in [1.54, 1.807) is 0 Å². The van der Waals surface area contributed by atoms with Crippen molar-refractivity contribution in [3.63, 3.8) is 0 Å². The lowest BCUT2D eigenvalue weighted by atomic mass is 10.1. The van der Waals surface area contributed by atoms with E-state index in [1.807, 2.05) is 5.41 Å². The van der Waals surface area contributed by atoms with Crippen LogP contribution in [0, 0.1) is 0 Å². The number of hydrogen-bond acceptors (Lipinski definition) is 2. The normalized spacial score (nSPS) is 10.9. The molecule has 2 N–H and O–H groups in total. The maximum atomic E-state index is 10.4. The molecule has 0 saturated heterocycles. The van der Waals surface area contributed by atoms with E-state index in [0.717, 1.165) is 6.42 Å². The first-order valence-corrected chi connectivity index (χ1v) is 6.37. The second-order valence-corrected chi connectivity index (χ2v) is 4.25. The Labute approximate surface area is 91.3 Å². The van der Waals surface area contributed by atoms with Crippen molar-refractivity contribution in [1.29, 1.82) is 0 Å². The Kier molecular flexibility index (Phi) is 10.3. The highest BCUT2D eigenvalue weighted by atomic mass is 32.2. The highest BCUT2D eigenvalue weighted by molar-refractivity contribution is 8.02. The molecule has 0 aromatic carbocycles. The molecule has 0 aliphatic carbocycles. The maximum absolute atomic E-state index is 10.4. The fourth-order valence-corrected chi connectivity index (χ4v) is 1.66. The molecule has 0 aliphatic rings. The molecule has 0 aromatic rings. The molecule has 0 aromatic heterocycles. The number of amides is 1. The predicted octanol–water partition coefficient (Wildman–Crippen LogP) is 3.08. The van der Waals surface area contributed by atoms with Crippen LogP contribution in [0.15, 0.2) is 11.5 Å². The van der Waals surface area contributed by atoms with Gasteiger partial charge in [-0.15, -0.1) is 11.8 Å². The average Bonchev–Trinajstić information content (AvgIpc) is 2.15. The highest BCUT2D eigenvalue weighted by Crippen LogP contribution is 2.07. The van der Waals surface area contributed by atoms with Crippen LogP contribution in [-0.4, -0.2) is 11.7 Å². The zero-order valence-electron chi connectivity index (χ0n) is 9.00. The zero-order chi connectivity index (χ0) is 10.6. The van der Waals surface area contributed by atoms with Gasteiger partial charge in [0.05, 0.1) is 5.75 Å². The molecule has 0 fully saturated rings. The van der Waals surface area contributed by atoms with E-state index in [-0.39, 0.29) is 5.91 Å². The number of allylic oxidation sites excluding steroid dienone is 1. The molecule has 0 unspecified atom stereocenters. The average molecular weight is 215 g/mol. The number of nitrogens with two attached hydrogens (primary N) is 1. The molecule has 82 valence electrons. The van der Waals surface area contributed by atoms with E-state index < -0.39 is 0 Å². The van der Waals surface area contributed by atoms with Crippen LogP contribution < -0.4 is 5.73 Å². The Bertz CT molecular complexity index is 169. The topological polar surface area (TPSA) is 43.1 Å². The standard InChI is InChI=1S/C11H21NOS/c1-2-3-4-5-6-7-8-9-14-10-11(12)13/h8-9H,2-7,10H2,1H3,(H2,12,13)/b9-8+. The van der Waals surface area contributed by atoms with Gasteiger partial charge >= 0.3 is 0 Å². The third-order valence-corrected chi connectivity index (χ3v) is 2.73. The molecular formula is C11H21NOS. The van der Waals surface area contributed by atoms with Crippen molar-refractivity contribution in [2.45, 2.75) is 45.4 Å². The van der Waals surface area contributed by atoms with Crippen molar-refractivity contribution >= 4 is 17.7 Å². The Balaban J connectivity index is 3.07. The van der Waals surface area contributed by atoms with Crippen molar-refractivity contribution in [1.82, 2.24) is 0 Å². The molecule has 3 heteroatoms. The van der Waals surface area contributed by atoms with Gasteiger partial charge in [0, 0.05) is 0 Å². The first-order chi connectivity index (χ1) is 6.77. The van der Waals surface area contributed by atoms with E-state index >= 15 is 0 Å². The fourth-order valence-electron chi connectivity index (χ4n) is 1.13. The van der Waals surface area contributed by atoms with Gasteiger partial charge < -0.3 is 5.73 Å². The van der Waals surface area contributed by atoms with Crippen LogP contribution in [0.5, 0.6) is 0 Å². The van der Waals surface area contributed by atoms with Crippen LogP contribution in [0.25, 0.3) is 0 Å². The molecule has 0 bridgehead atoms. The minimum atomic E-state index is -0.248. The van der Waals surface area contributed by atoms with Gasteiger partial charge in [-0.3, -0.25) is 4.79 Å². The number of carbonyl (C=O) groups is 1. The molecule has 0 rings (SSSR count). The molecule has 2 nitrogen and oxygen atoms in total. The lowest BCUT2D eigenvalue weighted by Gasteiger charge is -1.95. The molecule has 0 saturated carbocycles. The zero-order valence-corrected chi connectivity index (χ0v) is 9.81. The monoisotopic (exact) mass is 215 g/mol. The van der Waals surface area contributed by atoms with Crippen LogP contribution in [-0.2, 0) is 4.79 Å². The van der Waals surface area contributed by atoms with Crippen LogP contribution in [0.4, 0.5) is 0 Å². The highest BCUT2D eigenvalue weighted by Gasteiger charge is 1.89. The van der Waals surface area contributed by atoms with Crippen molar-refractivity contribution in [3.8, 4) is 0 Å². The van der Waals surface area contributed by atoms with E-state index in [0.29, 0.717) is 5.75 Å². The molecule has 1 amide bonds. The molecular weight excluding hydrogens is 194 g/mol. The third kappa shape index (κ3) is 11.6. The summed E-state index contributed by atoms with van der Waals surface area (Å²) >= 11 is 1.47. The largest absolute Gasteiger partial charge is 0.369 e. The van der Waals surface area contributed by atoms with E-state index in [2.05, 4.69) is 13.0 Å². The summed E-state index contributed by atoms with van der Waals surface area (Å²) in [5.41, 5.74) is 4.99. The summed E-state index contributed by atoms with van der Waals surface area (Å²) in [6.45, 7) is 2.22. The minimum Gasteiger partial charge on any atom is -0.369 e. The van der Waals surface area contributed by atoms with Gasteiger partial charge in [-0.1, -0.05) is 38.7 Å². The van der Waals surface area contributed by atoms with Crippen LogP contribution in [0.1, 0.15) is 45.4 Å². The second-order valence-electron chi connectivity index (χ2n) is 3.35. The SMILES string of the molecule is CCCCCCC/C=C/SCC(N)=O. The summed E-state index contributed by atoms with van der Waals surface area (Å²) in [5.74, 6) is 0.148. The van der Waals surface area contributed by atoms with Gasteiger partial charge in [0.1, 0.15) is 0 Å². The second kappa shape index (κ2) is 10.6. The van der Waals surface area contributed by atoms with Gasteiger partial charge in [-0.2, -0.15) is 0 Å². The molecule has 0 radical (unpaired) electrons. The van der Waals surface area contributed by atoms with Gasteiger partial charge in [-0.25, -0.2) is 0 Å². The summed E-state index contributed by atoms with van der Waals surface area (Å²) in [7, 11) is 0. The number of unbranched alkanes of at least 4 members (excludes halogenated alkanes) is 5. The predicted molar refractivity (Wildman–Crippen MR) is 64.2 cm³/mol. The van der Waals surface area contributed by atoms with Crippen molar-refractivity contribution in [2.24, 2.45) is 5.73 Å². The van der Waals surface area contributed by atoms with Crippen molar-refractivity contribution in [2.75, 3.05) is 5.75 Å². The minimum absolute atomic E-state index is 0.248. The Hall–Kier alpha value is -0.440. The lowest BCUT2D eigenvalue weighted by Crippen LogP contribution is -2.12. The maximum Gasteiger partial charge on any atom is 0.227 e. The fraction of sp³-hybridized carbons (Fsp3) is 0.727. The van der Waals surface area contributed by atoms with E-state index in [1.165, 1.54) is 43.9 Å². The molecule has 14 heavy (non-hydrogen) atoms. The number of carbonyl (C=O) groups excluding carboxylic acids is 1. The molecule has 0 atom stereocenters. The summed E-state index contributed by atoms with van der Waals surface area (Å²) in [6, 6.07) is 0. The first-order valence-electron chi connectivity index (χ1n) is 5.32. The van der Waals surface area contributed by atoms with Crippen LogP contribution in [0.3, 0.4) is 0 Å². The summed E-state index contributed by atoms with van der Waals surface area (Å²) < 4.78 is 0. The summed E-state index contributed by atoms with van der Waals surface area (Å²) in [4.78, 5) is 10.4. The number of rotatable bonds is 9. The van der Waals surface area contributed by atoms with E-state index in [4.69, 9.17) is 5.73 Å². The van der Waals surface area contributed by atoms with Gasteiger partial charge in [0.15, 0.2) is 0 Å². The van der Waals surface area contributed by atoms with E-state index in [9.17, 15) is 4.79 Å².